The fourth-order valence-corrected chi connectivity index (χ4v) is 5.52. The predicted octanol–water partition coefficient (Wildman–Crippen LogP) is 4.98. The van der Waals surface area contributed by atoms with Crippen LogP contribution in [0.15, 0.2) is 72.8 Å². The lowest BCUT2D eigenvalue weighted by atomic mass is 10.0. The van der Waals surface area contributed by atoms with Crippen molar-refractivity contribution in [2.75, 3.05) is 24.2 Å². The first-order chi connectivity index (χ1) is 19.4. The Labute approximate surface area is 248 Å². The molecule has 3 aromatic carbocycles. The van der Waals surface area contributed by atoms with Gasteiger partial charge in [-0.05, 0) is 49.6 Å². The molecule has 2 atom stereocenters. The van der Waals surface area contributed by atoms with Crippen LogP contribution < -0.4 is 14.4 Å². The second-order valence-electron chi connectivity index (χ2n) is 10.1. The summed E-state index contributed by atoms with van der Waals surface area (Å²) in [4.78, 5) is 29.3. The number of halogens is 1. The van der Waals surface area contributed by atoms with Crippen LogP contribution in [0.3, 0.4) is 0 Å². The van der Waals surface area contributed by atoms with Gasteiger partial charge in [0.1, 0.15) is 18.3 Å². The number of hydrogen-bond acceptors (Lipinski definition) is 5. The van der Waals surface area contributed by atoms with E-state index in [1.807, 2.05) is 75.4 Å². The van der Waals surface area contributed by atoms with E-state index in [0.717, 1.165) is 33.7 Å². The van der Waals surface area contributed by atoms with Crippen molar-refractivity contribution in [1.82, 2.24) is 10.2 Å². The molecule has 0 heterocycles. The van der Waals surface area contributed by atoms with Gasteiger partial charge in [0.05, 0.1) is 24.1 Å². The zero-order chi connectivity index (χ0) is 30.2. The quantitative estimate of drug-likeness (QED) is 0.299. The Balaban J connectivity index is 2.07. The first-order valence-corrected chi connectivity index (χ1v) is 15.7. The summed E-state index contributed by atoms with van der Waals surface area (Å²) in [5.41, 5.74) is 2.92. The van der Waals surface area contributed by atoms with Crippen molar-refractivity contribution < 1.29 is 22.7 Å². The molecule has 0 aliphatic carbocycles. The maximum Gasteiger partial charge on any atom is 0.244 e. The summed E-state index contributed by atoms with van der Waals surface area (Å²) >= 11 is 6.29. The maximum absolute atomic E-state index is 14.1. The van der Waals surface area contributed by atoms with Crippen molar-refractivity contribution in [1.29, 1.82) is 0 Å². The fraction of sp³-hybridized carbons (Fsp3) is 0.355. The van der Waals surface area contributed by atoms with Gasteiger partial charge in [-0.15, -0.1) is 0 Å². The average Bonchev–Trinajstić information content (AvgIpc) is 2.93. The standard InChI is InChI=1S/C31H38ClN3O5S/c1-6-23(3)33-31(37)28(18-24-12-8-7-9-13-24)34(20-25-14-10-11-22(2)17-25)30(36)21-35(41(5,38)39)26-15-16-29(40-4)27(32)19-26/h7-17,19,23,28H,6,18,20-21H2,1-5H3,(H,33,37)/t23-,28-/m0/s1. The monoisotopic (exact) mass is 599 g/mol. The van der Waals surface area contributed by atoms with Gasteiger partial charge < -0.3 is 15.0 Å². The second kappa shape index (κ2) is 14.4. The van der Waals surface area contributed by atoms with Gasteiger partial charge in [0, 0.05) is 19.0 Å². The summed E-state index contributed by atoms with van der Waals surface area (Å²) < 4.78 is 32.1. The molecule has 3 rings (SSSR count). The Morgan fingerprint density at radius 2 is 1.68 bits per heavy atom. The van der Waals surface area contributed by atoms with Crippen LogP contribution in [0.2, 0.25) is 5.02 Å². The van der Waals surface area contributed by atoms with E-state index in [4.69, 9.17) is 16.3 Å². The molecule has 0 radical (unpaired) electrons. The van der Waals surface area contributed by atoms with E-state index < -0.39 is 28.5 Å². The molecule has 0 bridgehead atoms. The molecule has 0 saturated heterocycles. The highest BCUT2D eigenvalue weighted by Gasteiger charge is 2.33. The van der Waals surface area contributed by atoms with Crippen LogP contribution >= 0.6 is 11.6 Å². The van der Waals surface area contributed by atoms with Crippen LogP contribution in [0.5, 0.6) is 5.75 Å². The van der Waals surface area contributed by atoms with Crippen molar-refractivity contribution in [3.05, 3.63) is 94.5 Å². The molecule has 220 valence electrons. The third-order valence-electron chi connectivity index (χ3n) is 6.81. The molecule has 41 heavy (non-hydrogen) atoms. The number of benzene rings is 3. The van der Waals surface area contributed by atoms with Crippen molar-refractivity contribution in [2.45, 2.75) is 52.2 Å². The number of hydrogen-bond donors (Lipinski definition) is 1. The van der Waals surface area contributed by atoms with E-state index in [9.17, 15) is 18.0 Å². The molecule has 0 spiro atoms. The number of methoxy groups -OCH3 is 1. The minimum absolute atomic E-state index is 0.106. The van der Waals surface area contributed by atoms with Crippen molar-refractivity contribution in [2.24, 2.45) is 0 Å². The van der Waals surface area contributed by atoms with E-state index in [1.165, 1.54) is 24.1 Å². The van der Waals surface area contributed by atoms with Crippen LogP contribution in [-0.2, 0) is 32.6 Å². The number of ether oxygens (including phenoxy) is 1. The van der Waals surface area contributed by atoms with Crippen molar-refractivity contribution in [3.8, 4) is 5.75 Å². The number of carbonyl (C=O) groups is 2. The minimum Gasteiger partial charge on any atom is -0.495 e. The summed E-state index contributed by atoms with van der Waals surface area (Å²) in [6.07, 6.45) is 2.00. The minimum atomic E-state index is -3.90. The molecule has 0 saturated carbocycles. The van der Waals surface area contributed by atoms with Gasteiger partial charge in [0.15, 0.2) is 0 Å². The largest absolute Gasteiger partial charge is 0.495 e. The molecule has 10 heteroatoms. The molecule has 0 aliphatic rings. The molecule has 3 aromatic rings. The SMILES string of the molecule is CC[C@H](C)NC(=O)[C@H](Cc1ccccc1)N(Cc1cccc(C)c1)C(=O)CN(c1ccc(OC)c(Cl)c1)S(C)(=O)=O. The normalized spacial score (nSPS) is 12.7. The molecule has 0 fully saturated rings. The topological polar surface area (TPSA) is 96.0 Å². The van der Waals surface area contributed by atoms with E-state index in [0.29, 0.717) is 5.75 Å². The molecule has 2 amide bonds. The molecular weight excluding hydrogens is 562 g/mol. The molecule has 0 aromatic heterocycles. The molecule has 1 N–H and O–H groups in total. The third-order valence-corrected chi connectivity index (χ3v) is 8.25. The number of nitrogens with zero attached hydrogens (tertiary/aromatic N) is 2. The number of sulfonamides is 1. The summed E-state index contributed by atoms with van der Waals surface area (Å²) in [6, 6.07) is 20.6. The van der Waals surface area contributed by atoms with Gasteiger partial charge in [0.2, 0.25) is 21.8 Å². The van der Waals surface area contributed by atoms with Gasteiger partial charge in [-0.2, -0.15) is 0 Å². The first-order valence-electron chi connectivity index (χ1n) is 13.4. The number of anilines is 1. The zero-order valence-corrected chi connectivity index (χ0v) is 25.7. The lowest BCUT2D eigenvalue weighted by Gasteiger charge is -2.34. The van der Waals surface area contributed by atoms with Crippen molar-refractivity contribution >= 4 is 39.1 Å². The molecular formula is C31H38ClN3O5S. The maximum atomic E-state index is 14.1. The zero-order valence-electron chi connectivity index (χ0n) is 24.1. The van der Waals surface area contributed by atoms with Gasteiger partial charge in [0.25, 0.3) is 0 Å². The highest BCUT2D eigenvalue weighted by Crippen LogP contribution is 2.30. The van der Waals surface area contributed by atoms with Crippen LogP contribution in [-0.4, -0.2) is 57.1 Å². The summed E-state index contributed by atoms with van der Waals surface area (Å²) in [5, 5.41) is 3.23. The van der Waals surface area contributed by atoms with E-state index in [1.54, 1.807) is 6.07 Å². The van der Waals surface area contributed by atoms with E-state index in [-0.39, 0.29) is 35.6 Å². The van der Waals surface area contributed by atoms with Gasteiger partial charge in [-0.25, -0.2) is 8.42 Å². The predicted molar refractivity (Wildman–Crippen MR) is 164 cm³/mol. The summed E-state index contributed by atoms with van der Waals surface area (Å²) in [7, 11) is -2.45. The number of aryl methyl sites for hydroxylation is 1. The van der Waals surface area contributed by atoms with Crippen molar-refractivity contribution in [3.63, 3.8) is 0 Å². The van der Waals surface area contributed by atoms with Crippen LogP contribution in [0.25, 0.3) is 0 Å². The number of amides is 2. The lowest BCUT2D eigenvalue weighted by Crippen LogP contribution is -2.54. The van der Waals surface area contributed by atoms with E-state index in [2.05, 4.69) is 5.32 Å². The Bertz CT molecular complexity index is 1450. The van der Waals surface area contributed by atoms with Gasteiger partial charge >= 0.3 is 0 Å². The highest BCUT2D eigenvalue weighted by molar-refractivity contribution is 7.92. The second-order valence-corrected chi connectivity index (χ2v) is 12.4. The molecule has 0 aliphatic heterocycles. The first kappa shape index (κ1) is 32.0. The highest BCUT2D eigenvalue weighted by atomic mass is 35.5. The Kier molecular flexibility index (Phi) is 11.2. The third kappa shape index (κ3) is 8.96. The average molecular weight is 600 g/mol. The fourth-order valence-electron chi connectivity index (χ4n) is 4.43. The van der Waals surface area contributed by atoms with Crippen LogP contribution in [0.1, 0.15) is 37.0 Å². The number of nitrogens with one attached hydrogen (secondary N) is 1. The Morgan fingerprint density at radius 1 is 1.00 bits per heavy atom. The lowest BCUT2D eigenvalue weighted by molar-refractivity contribution is -0.140. The smallest absolute Gasteiger partial charge is 0.244 e. The van der Waals surface area contributed by atoms with Gasteiger partial charge in [-0.1, -0.05) is 78.7 Å². The van der Waals surface area contributed by atoms with Crippen LogP contribution in [0, 0.1) is 6.92 Å². The number of rotatable bonds is 13. The van der Waals surface area contributed by atoms with Gasteiger partial charge in [-0.3, -0.25) is 13.9 Å². The summed E-state index contributed by atoms with van der Waals surface area (Å²) in [5.74, 6) is -0.451. The van der Waals surface area contributed by atoms with E-state index >= 15 is 0 Å². The number of carbonyl (C=O) groups excluding carboxylic acids is 2. The van der Waals surface area contributed by atoms with Crippen LogP contribution in [0.4, 0.5) is 5.69 Å². The Morgan fingerprint density at radius 3 is 2.27 bits per heavy atom. The molecule has 8 nitrogen and oxygen atoms in total. The summed E-state index contributed by atoms with van der Waals surface area (Å²) in [6.45, 7) is 5.42. The Hall–Kier alpha value is -3.56. The molecule has 0 unspecified atom stereocenters.